The Morgan fingerprint density at radius 3 is 2.14 bits per heavy atom. The van der Waals surface area contributed by atoms with Gasteiger partial charge in [0.2, 0.25) is 5.91 Å². The van der Waals surface area contributed by atoms with Gasteiger partial charge in [-0.25, -0.2) is 0 Å². The second-order valence-electron chi connectivity index (χ2n) is 17.6. The first kappa shape index (κ1) is 30.8. The van der Waals surface area contributed by atoms with Gasteiger partial charge in [0.15, 0.2) is 5.78 Å². The number of Topliss-reactive ketones (excluding diaryl/α,β-unsaturated/α-hetero) is 1. The zero-order chi connectivity index (χ0) is 30.6. The van der Waals surface area contributed by atoms with Gasteiger partial charge >= 0.3 is 0 Å². The summed E-state index contributed by atoms with van der Waals surface area (Å²) in [4.78, 5) is 33.1. The molecule has 5 aliphatic carbocycles. The second kappa shape index (κ2) is 9.90. The molecule has 1 saturated heterocycles. The van der Waals surface area contributed by atoms with E-state index in [2.05, 4.69) is 72.4 Å². The third-order valence-corrected chi connectivity index (χ3v) is 15.3. The number of hydrogen-bond donors (Lipinski definition) is 1. The molecule has 1 amide bonds. The molecule has 6 rings (SSSR count). The SMILES string of the molecule is CC(C)C1=C2C3CCC4[C@@]5(C)CC[C@H](O)C(C)(C)C5CC[C@@]4(C)[C@]3(C)CC[C@@]2(C(=O)N2CCC(N(C)C)CC2)CC1=O. The van der Waals surface area contributed by atoms with Gasteiger partial charge in [0.25, 0.3) is 0 Å². The predicted octanol–water partition coefficient (Wildman–Crippen LogP) is 6.88. The lowest BCUT2D eigenvalue weighted by atomic mass is 9.33. The number of ketones is 1. The van der Waals surface area contributed by atoms with E-state index in [-0.39, 0.29) is 45.4 Å². The lowest BCUT2D eigenvalue weighted by molar-refractivity contribution is -0.228. The van der Waals surface area contributed by atoms with Crippen molar-refractivity contribution >= 4 is 11.7 Å². The number of allylic oxidation sites excluding steroid dienone is 1. The van der Waals surface area contributed by atoms with Gasteiger partial charge in [0.1, 0.15) is 0 Å². The van der Waals surface area contributed by atoms with E-state index < -0.39 is 5.41 Å². The van der Waals surface area contributed by atoms with Crippen molar-refractivity contribution in [2.75, 3.05) is 27.2 Å². The molecule has 236 valence electrons. The first-order chi connectivity index (χ1) is 19.5. The molecule has 1 N–H and O–H groups in total. The van der Waals surface area contributed by atoms with Crippen molar-refractivity contribution in [2.24, 2.45) is 50.7 Å². The summed E-state index contributed by atoms with van der Waals surface area (Å²) in [6.07, 6.45) is 10.8. The first-order valence-corrected chi connectivity index (χ1v) is 17.5. The molecular weight excluding hydrogens is 520 g/mol. The number of piperidine rings is 1. The monoisotopic (exact) mass is 580 g/mol. The van der Waals surface area contributed by atoms with Crippen LogP contribution in [-0.4, -0.2) is 65.9 Å². The number of likely N-dealkylation sites (tertiary alicyclic amines) is 1. The molecular formula is C37H60N2O3. The molecule has 5 heteroatoms. The highest BCUT2D eigenvalue weighted by Gasteiger charge is 2.71. The molecule has 0 aromatic heterocycles. The van der Waals surface area contributed by atoms with Gasteiger partial charge in [-0.1, -0.05) is 48.5 Å². The zero-order valence-corrected chi connectivity index (χ0v) is 28.3. The maximum absolute atomic E-state index is 14.7. The minimum atomic E-state index is -0.618. The number of aliphatic hydroxyl groups excluding tert-OH is 1. The van der Waals surface area contributed by atoms with Crippen LogP contribution in [0.3, 0.4) is 0 Å². The van der Waals surface area contributed by atoms with Gasteiger partial charge in [0, 0.05) is 25.6 Å². The van der Waals surface area contributed by atoms with Crippen LogP contribution in [0.4, 0.5) is 0 Å². The van der Waals surface area contributed by atoms with Crippen molar-refractivity contribution in [1.82, 2.24) is 9.80 Å². The summed E-state index contributed by atoms with van der Waals surface area (Å²) in [5, 5.41) is 11.1. The Balaban J connectivity index is 1.38. The molecule has 0 radical (unpaired) electrons. The van der Waals surface area contributed by atoms with E-state index >= 15 is 0 Å². The Hall–Kier alpha value is -1.20. The third kappa shape index (κ3) is 3.93. The zero-order valence-electron chi connectivity index (χ0n) is 28.3. The van der Waals surface area contributed by atoms with Crippen molar-refractivity contribution in [3.05, 3.63) is 11.1 Å². The van der Waals surface area contributed by atoms with Crippen LogP contribution >= 0.6 is 0 Å². The number of hydrogen-bond acceptors (Lipinski definition) is 4. The van der Waals surface area contributed by atoms with Gasteiger partial charge in [0.05, 0.1) is 11.5 Å². The van der Waals surface area contributed by atoms with Crippen molar-refractivity contribution in [2.45, 2.75) is 131 Å². The standard InChI is InChI=1S/C37H60N2O3/c1-23(2)30-26(40)22-37(32(42)39-20-14-24(15-21-39)38(8)9)19-18-35(6)25(31(30)37)10-11-28-34(5)16-13-29(41)33(3,4)27(34)12-17-36(28,35)7/h23-25,27-29,41H,10-22H2,1-9H3/t25?,27?,28?,29-,34-,35+,36+,37+/m0/s1. The third-order valence-electron chi connectivity index (χ3n) is 15.3. The van der Waals surface area contributed by atoms with Crippen LogP contribution in [0.15, 0.2) is 11.1 Å². The van der Waals surface area contributed by atoms with E-state index in [1.165, 1.54) is 24.8 Å². The fourth-order valence-corrected chi connectivity index (χ4v) is 12.8. The summed E-state index contributed by atoms with van der Waals surface area (Å²) in [5.74, 6) is 2.15. The van der Waals surface area contributed by atoms with Crippen molar-refractivity contribution in [1.29, 1.82) is 0 Å². The average Bonchev–Trinajstić information content (AvgIpc) is 3.24. The normalized spacial score (nSPS) is 45.5. The summed E-state index contributed by atoms with van der Waals surface area (Å²) in [6.45, 7) is 18.4. The summed E-state index contributed by atoms with van der Waals surface area (Å²) in [6, 6.07) is 0.533. The molecule has 0 spiro atoms. The van der Waals surface area contributed by atoms with Crippen molar-refractivity contribution in [3.63, 3.8) is 0 Å². The first-order valence-electron chi connectivity index (χ1n) is 17.5. The summed E-state index contributed by atoms with van der Waals surface area (Å²) >= 11 is 0. The van der Waals surface area contributed by atoms with E-state index in [0.29, 0.717) is 30.2 Å². The molecule has 5 fully saturated rings. The molecule has 8 atom stereocenters. The molecule has 5 nitrogen and oxygen atoms in total. The van der Waals surface area contributed by atoms with Crippen LogP contribution in [0.1, 0.15) is 119 Å². The van der Waals surface area contributed by atoms with Crippen molar-refractivity contribution < 1.29 is 14.7 Å². The molecule has 0 bridgehead atoms. The van der Waals surface area contributed by atoms with Gasteiger partial charge < -0.3 is 14.9 Å². The van der Waals surface area contributed by atoms with Crippen LogP contribution in [0.25, 0.3) is 0 Å². The minimum Gasteiger partial charge on any atom is -0.393 e. The predicted molar refractivity (Wildman–Crippen MR) is 169 cm³/mol. The van der Waals surface area contributed by atoms with Gasteiger partial charge in [-0.3, -0.25) is 9.59 Å². The van der Waals surface area contributed by atoms with Crippen molar-refractivity contribution in [3.8, 4) is 0 Å². The van der Waals surface area contributed by atoms with Crippen LogP contribution in [0.5, 0.6) is 0 Å². The highest BCUT2D eigenvalue weighted by Crippen LogP contribution is 2.76. The topological polar surface area (TPSA) is 60.9 Å². The van der Waals surface area contributed by atoms with Crippen LogP contribution in [0.2, 0.25) is 0 Å². The smallest absolute Gasteiger partial charge is 0.233 e. The summed E-state index contributed by atoms with van der Waals surface area (Å²) in [7, 11) is 4.30. The summed E-state index contributed by atoms with van der Waals surface area (Å²) < 4.78 is 0. The minimum absolute atomic E-state index is 0.0501. The average molecular weight is 581 g/mol. The van der Waals surface area contributed by atoms with Crippen LogP contribution in [-0.2, 0) is 9.59 Å². The van der Waals surface area contributed by atoms with Crippen LogP contribution in [0, 0.1) is 50.7 Å². The Morgan fingerprint density at radius 1 is 0.857 bits per heavy atom. The number of carbonyl (C=O) groups is 2. The molecule has 3 unspecified atom stereocenters. The highest BCUT2D eigenvalue weighted by molar-refractivity contribution is 6.07. The number of aliphatic hydroxyl groups is 1. The number of nitrogens with zero attached hydrogens (tertiary/aromatic N) is 2. The van der Waals surface area contributed by atoms with E-state index in [1.807, 2.05) is 0 Å². The quantitative estimate of drug-likeness (QED) is 0.395. The lowest BCUT2D eigenvalue weighted by Crippen LogP contribution is -2.66. The van der Waals surface area contributed by atoms with E-state index in [4.69, 9.17) is 0 Å². The van der Waals surface area contributed by atoms with Gasteiger partial charge in [-0.05, 0) is 135 Å². The van der Waals surface area contributed by atoms with E-state index in [9.17, 15) is 14.7 Å². The molecule has 42 heavy (non-hydrogen) atoms. The Kier molecular flexibility index (Phi) is 7.26. The number of amides is 1. The summed E-state index contributed by atoms with van der Waals surface area (Å²) in [5.41, 5.74) is 2.11. The highest BCUT2D eigenvalue weighted by atomic mass is 16.3. The lowest BCUT2D eigenvalue weighted by Gasteiger charge is -2.72. The molecule has 6 aliphatic rings. The fraction of sp³-hybridized carbons (Fsp3) is 0.892. The maximum atomic E-state index is 14.7. The van der Waals surface area contributed by atoms with Gasteiger partial charge in [-0.2, -0.15) is 0 Å². The van der Waals surface area contributed by atoms with Gasteiger partial charge in [-0.15, -0.1) is 0 Å². The molecule has 0 aromatic rings. The largest absolute Gasteiger partial charge is 0.393 e. The number of carbonyl (C=O) groups excluding carboxylic acids is 2. The Labute approximate surface area is 256 Å². The molecule has 4 saturated carbocycles. The maximum Gasteiger partial charge on any atom is 0.233 e. The molecule has 1 heterocycles. The number of fused-ring (bicyclic) bond motifs is 7. The second-order valence-corrected chi connectivity index (χ2v) is 17.6. The Bertz CT molecular complexity index is 1160. The molecule has 1 aliphatic heterocycles. The van der Waals surface area contributed by atoms with Crippen LogP contribution < -0.4 is 0 Å². The number of rotatable bonds is 3. The molecule has 0 aromatic carbocycles. The van der Waals surface area contributed by atoms with E-state index in [1.54, 1.807) is 0 Å². The van der Waals surface area contributed by atoms with E-state index in [0.717, 1.165) is 63.6 Å². The fourth-order valence-electron chi connectivity index (χ4n) is 12.8. The Morgan fingerprint density at radius 2 is 1.52 bits per heavy atom.